The Bertz CT molecular complexity index is 1440. The minimum atomic E-state index is -1.21. The first-order chi connectivity index (χ1) is 19.0. The quantitative estimate of drug-likeness (QED) is 0.379. The number of hydrogen-bond acceptors (Lipinski definition) is 11. The Hall–Kier alpha value is -3.45. The van der Waals surface area contributed by atoms with E-state index in [4.69, 9.17) is 33.2 Å². The molecule has 39 heavy (non-hydrogen) atoms. The van der Waals surface area contributed by atoms with Crippen LogP contribution in [0.4, 0.5) is 0 Å². The molecule has 11 nitrogen and oxygen atoms in total. The summed E-state index contributed by atoms with van der Waals surface area (Å²) in [6.07, 6.45) is -3.57. The van der Waals surface area contributed by atoms with E-state index < -0.39 is 30.6 Å². The van der Waals surface area contributed by atoms with Crippen LogP contribution in [0.15, 0.2) is 30.3 Å². The third-order valence-corrected chi connectivity index (χ3v) is 7.45. The highest BCUT2D eigenvalue weighted by atomic mass is 16.7. The van der Waals surface area contributed by atoms with Crippen molar-refractivity contribution >= 4 is 16.7 Å². The summed E-state index contributed by atoms with van der Waals surface area (Å²) in [6, 6.07) is 8.78. The predicted molar refractivity (Wildman–Crippen MR) is 134 cm³/mol. The first kappa shape index (κ1) is 25.8. The van der Waals surface area contributed by atoms with Crippen molar-refractivity contribution in [3.63, 3.8) is 0 Å². The Balaban J connectivity index is 1.57. The Kier molecular flexibility index (Phi) is 6.79. The number of esters is 1. The Morgan fingerprint density at radius 1 is 0.923 bits per heavy atom. The molecule has 0 aromatic heterocycles. The van der Waals surface area contributed by atoms with E-state index in [0.717, 1.165) is 0 Å². The van der Waals surface area contributed by atoms with Crippen LogP contribution >= 0.6 is 0 Å². The molecule has 0 bridgehead atoms. The van der Waals surface area contributed by atoms with Gasteiger partial charge >= 0.3 is 5.97 Å². The molecule has 0 saturated carbocycles. The summed E-state index contributed by atoms with van der Waals surface area (Å²) in [5.41, 5.74) is 2.96. The second kappa shape index (κ2) is 10.3. The lowest BCUT2D eigenvalue weighted by Gasteiger charge is -2.38. The maximum Gasteiger partial charge on any atom is 0.339 e. The highest BCUT2D eigenvalue weighted by Gasteiger charge is 2.43. The molecule has 3 aromatic rings. The number of aliphatic hydroxyl groups excluding tert-OH is 3. The number of carbonyl (C=O) groups is 1. The van der Waals surface area contributed by atoms with E-state index in [-0.39, 0.29) is 39.0 Å². The van der Waals surface area contributed by atoms with Crippen LogP contribution in [0.5, 0.6) is 17.2 Å². The number of benzene rings is 3. The first-order valence-corrected chi connectivity index (χ1v) is 12.4. The fraction of sp³-hybridized carbons (Fsp3) is 0.393. The van der Waals surface area contributed by atoms with Gasteiger partial charge in [0.15, 0.2) is 11.5 Å². The Labute approximate surface area is 223 Å². The van der Waals surface area contributed by atoms with Gasteiger partial charge in [0.2, 0.25) is 13.1 Å². The number of ether oxygens (including phenoxy) is 7. The van der Waals surface area contributed by atoms with E-state index in [0.29, 0.717) is 55.7 Å². The summed E-state index contributed by atoms with van der Waals surface area (Å²) < 4.78 is 39.4. The lowest BCUT2D eigenvalue weighted by Crippen LogP contribution is -2.56. The third-order valence-electron chi connectivity index (χ3n) is 7.45. The first-order valence-electron chi connectivity index (χ1n) is 12.4. The fourth-order valence-electron chi connectivity index (χ4n) is 5.47. The maximum absolute atomic E-state index is 13.2. The molecular weight excluding hydrogens is 512 g/mol. The molecule has 0 radical (unpaired) electrons. The number of aliphatic hydroxyl groups is 3. The molecule has 4 atom stereocenters. The van der Waals surface area contributed by atoms with Gasteiger partial charge in [-0.3, -0.25) is 0 Å². The van der Waals surface area contributed by atoms with Gasteiger partial charge in [0, 0.05) is 30.7 Å². The Morgan fingerprint density at radius 2 is 1.67 bits per heavy atom. The normalized spacial score (nSPS) is 23.7. The predicted octanol–water partition coefficient (Wildman–Crippen LogP) is 2.02. The summed E-state index contributed by atoms with van der Waals surface area (Å²) in [4.78, 5) is 13.2. The van der Waals surface area contributed by atoms with Gasteiger partial charge in [0.05, 0.1) is 25.4 Å². The highest BCUT2D eigenvalue weighted by molar-refractivity contribution is 6.13. The smallest absolute Gasteiger partial charge is 0.339 e. The van der Waals surface area contributed by atoms with Crippen molar-refractivity contribution in [1.29, 1.82) is 0 Å². The molecule has 1 fully saturated rings. The van der Waals surface area contributed by atoms with Crippen molar-refractivity contribution in [3.8, 4) is 28.4 Å². The van der Waals surface area contributed by atoms with Crippen molar-refractivity contribution < 1.29 is 53.3 Å². The van der Waals surface area contributed by atoms with E-state index >= 15 is 0 Å². The van der Waals surface area contributed by atoms with Gasteiger partial charge in [-0.15, -0.1) is 0 Å². The minimum Gasteiger partial charge on any atom is -0.461 e. The summed E-state index contributed by atoms with van der Waals surface area (Å²) in [6.45, 7) is -0.525. The molecule has 0 amide bonds. The minimum absolute atomic E-state index is 0.0651. The van der Waals surface area contributed by atoms with Gasteiger partial charge in [-0.05, 0) is 46.3 Å². The van der Waals surface area contributed by atoms with E-state index in [1.165, 1.54) is 14.2 Å². The van der Waals surface area contributed by atoms with Gasteiger partial charge in [0.25, 0.3) is 0 Å². The van der Waals surface area contributed by atoms with Crippen molar-refractivity contribution in [2.45, 2.75) is 44.4 Å². The average molecular weight is 541 g/mol. The zero-order valence-corrected chi connectivity index (χ0v) is 21.3. The third kappa shape index (κ3) is 4.18. The van der Waals surface area contributed by atoms with Crippen LogP contribution in [0.25, 0.3) is 21.9 Å². The van der Waals surface area contributed by atoms with Crippen LogP contribution < -0.4 is 14.2 Å². The van der Waals surface area contributed by atoms with Crippen molar-refractivity contribution in [2.75, 3.05) is 27.6 Å². The topological polar surface area (TPSA) is 142 Å². The highest BCUT2D eigenvalue weighted by Crippen LogP contribution is 2.48. The standard InChI is InChI=1S/C28H28O11/c1-33-21-11-36-28(24(31)26(21)34-2)39-25-17-6-15(9-30)14(8-29)5-16(17)22(23-18(25)10-35-27(23)32)13-3-4-19-20(7-13)38-12-37-19/h3-7,21,24,26,28-31H,8-12H2,1-2H3/t21-,24-,26+,28?/m1/s1. The summed E-state index contributed by atoms with van der Waals surface area (Å²) in [5.74, 6) is 0.851. The molecule has 3 aliphatic heterocycles. The molecule has 0 aliphatic carbocycles. The molecule has 1 unspecified atom stereocenters. The van der Waals surface area contributed by atoms with Gasteiger partial charge in [0.1, 0.15) is 30.7 Å². The molecule has 11 heteroatoms. The number of carbonyl (C=O) groups excluding carboxylic acids is 1. The van der Waals surface area contributed by atoms with Crippen molar-refractivity contribution in [2.24, 2.45) is 0 Å². The van der Waals surface area contributed by atoms with Crippen LogP contribution in [-0.2, 0) is 38.8 Å². The van der Waals surface area contributed by atoms with Gasteiger partial charge in [-0.2, -0.15) is 0 Å². The molecule has 3 aliphatic rings. The van der Waals surface area contributed by atoms with E-state index in [9.17, 15) is 20.1 Å². The molecule has 0 spiro atoms. The number of hydrogen-bond donors (Lipinski definition) is 3. The maximum atomic E-state index is 13.2. The Morgan fingerprint density at radius 3 is 2.38 bits per heavy atom. The second-order valence-electron chi connectivity index (χ2n) is 9.47. The largest absolute Gasteiger partial charge is 0.461 e. The van der Waals surface area contributed by atoms with Crippen LogP contribution in [0, 0.1) is 0 Å². The molecule has 206 valence electrons. The van der Waals surface area contributed by atoms with E-state index in [1.54, 1.807) is 24.3 Å². The molecular formula is C28H28O11. The van der Waals surface area contributed by atoms with Gasteiger partial charge in [-0.1, -0.05) is 6.07 Å². The molecule has 3 aromatic carbocycles. The lowest BCUT2D eigenvalue weighted by atomic mass is 9.87. The number of fused-ring (bicyclic) bond motifs is 3. The molecule has 3 N–H and O–H groups in total. The van der Waals surface area contributed by atoms with Crippen LogP contribution in [-0.4, -0.2) is 73.5 Å². The number of cyclic esters (lactones) is 1. The average Bonchev–Trinajstić information content (AvgIpc) is 3.59. The number of rotatable bonds is 7. The molecule has 6 rings (SSSR count). The van der Waals surface area contributed by atoms with Crippen molar-refractivity contribution in [1.82, 2.24) is 0 Å². The molecule has 3 heterocycles. The van der Waals surface area contributed by atoms with Crippen LogP contribution in [0.1, 0.15) is 27.0 Å². The zero-order chi connectivity index (χ0) is 27.3. The van der Waals surface area contributed by atoms with Gasteiger partial charge < -0.3 is 48.5 Å². The molecule has 1 saturated heterocycles. The van der Waals surface area contributed by atoms with Crippen LogP contribution in [0.2, 0.25) is 0 Å². The van der Waals surface area contributed by atoms with Crippen LogP contribution in [0.3, 0.4) is 0 Å². The zero-order valence-electron chi connectivity index (χ0n) is 21.3. The monoisotopic (exact) mass is 540 g/mol. The fourth-order valence-corrected chi connectivity index (χ4v) is 5.47. The lowest BCUT2D eigenvalue weighted by molar-refractivity contribution is -0.252. The SMILES string of the molecule is CO[C@H]1[C@H](OC)COC(Oc2c3c(c(-c4ccc5c(c4)OCO5)c4cc(CO)c(CO)cc24)C(=O)OC3)[C@@H]1O. The summed E-state index contributed by atoms with van der Waals surface area (Å²) in [7, 11) is 2.97. The van der Waals surface area contributed by atoms with E-state index in [2.05, 4.69) is 0 Å². The van der Waals surface area contributed by atoms with Gasteiger partial charge in [-0.25, -0.2) is 4.79 Å². The van der Waals surface area contributed by atoms with E-state index in [1.807, 2.05) is 6.07 Å². The number of methoxy groups -OCH3 is 2. The van der Waals surface area contributed by atoms with Crippen molar-refractivity contribution in [3.05, 3.63) is 52.6 Å². The summed E-state index contributed by atoms with van der Waals surface area (Å²) >= 11 is 0. The second-order valence-corrected chi connectivity index (χ2v) is 9.47. The summed E-state index contributed by atoms with van der Waals surface area (Å²) in [5, 5.41) is 32.3.